The lowest BCUT2D eigenvalue weighted by Crippen LogP contribution is -2.47. The zero-order valence-corrected chi connectivity index (χ0v) is 15.1. The lowest BCUT2D eigenvalue weighted by atomic mass is 9.97. The number of anilines is 1. The van der Waals surface area contributed by atoms with E-state index in [0.717, 1.165) is 44.1 Å². The number of carbonyl (C=O) groups excluding carboxylic acids is 1. The van der Waals surface area contributed by atoms with Crippen LogP contribution in [0.3, 0.4) is 0 Å². The Bertz CT molecular complexity index is 543. The van der Waals surface area contributed by atoms with Crippen LogP contribution in [0.4, 0.5) is 5.69 Å². The molecule has 2 N–H and O–H groups in total. The normalized spacial score (nSPS) is 28.6. The Morgan fingerprint density at radius 2 is 1.92 bits per heavy atom. The summed E-state index contributed by atoms with van der Waals surface area (Å²) < 4.78 is 5.96. The number of piperidine rings is 1. The summed E-state index contributed by atoms with van der Waals surface area (Å²) in [6.07, 6.45) is 3.45. The molecule has 2 aliphatic rings. The predicted molar refractivity (Wildman–Crippen MR) is 98.4 cm³/mol. The molecule has 2 saturated heterocycles. The van der Waals surface area contributed by atoms with E-state index in [1.165, 1.54) is 12.8 Å². The molecule has 0 spiro atoms. The molecular formula is C20H30N2O3. The third-order valence-corrected chi connectivity index (χ3v) is 5.42. The fraction of sp³-hybridized carbons (Fsp3) is 0.650. The Hall–Kier alpha value is -1.43. The number of benzene rings is 1. The van der Waals surface area contributed by atoms with Gasteiger partial charge in [-0.3, -0.25) is 4.79 Å². The highest BCUT2D eigenvalue weighted by atomic mass is 16.5. The summed E-state index contributed by atoms with van der Waals surface area (Å²) in [5.41, 5.74) is 0.730. The molecule has 3 unspecified atom stereocenters. The summed E-state index contributed by atoms with van der Waals surface area (Å²) in [5.74, 6) is 0.582. The molecule has 1 aromatic rings. The largest absolute Gasteiger partial charge is 0.390 e. The number of rotatable bonds is 5. The molecule has 3 atom stereocenters. The molecule has 0 bridgehead atoms. The van der Waals surface area contributed by atoms with Crippen molar-refractivity contribution < 1.29 is 14.6 Å². The first-order valence-corrected chi connectivity index (χ1v) is 9.53. The molecule has 2 heterocycles. The Kier molecular flexibility index (Phi) is 6.45. The summed E-state index contributed by atoms with van der Waals surface area (Å²) in [5, 5.41) is 13.0. The zero-order chi connectivity index (χ0) is 17.6. The molecule has 1 amide bonds. The Labute approximate surface area is 150 Å². The first-order valence-electron chi connectivity index (χ1n) is 9.53. The van der Waals surface area contributed by atoms with Crippen LogP contribution in [0, 0.1) is 5.92 Å². The second-order valence-corrected chi connectivity index (χ2v) is 7.49. The third kappa shape index (κ3) is 5.27. The van der Waals surface area contributed by atoms with E-state index >= 15 is 0 Å². The average molecular weight is 346 g/mol. The van der Waals surface area contributed by atoms with Crippen LogP contribution in [-0.4, -0.2) is 53.9 Å². The van der Waals surface area contributed by atoms with Gasteiger partial charge in [0.05, 0.1) is 12.2 Å². The second-order valence-electron chi connectivity index (χ2n) is 7.49. The van der Waals surface area contributed by atoms with E-state index in [9.17, 15) is 9.90 Å². The van der Waals surface area contributed by atoms with Crippen molar-refractivity contribution in [2.45, 2.75) is 57.3 Å². The summed E-state index contributed by atoms with van der Waals surface area (Å²) in [7, 11) is 0. The maximum atomic E-state index is 12.5. The maximum absolute atomic E-state index is 12.5. The fourth-order valence-corrected chi connectivity index (χ4v) is 3.67. The van der Waals surface area contributed by atoms with Gasteiger partial charge < -0.3 is 20.1 Å². The molecule has 138 valence electrons. The number of likely N-dealkylation sites (tertiary alicyclic amines) is 1. The number of hydrogen-bond donors (Lipinski definition) is 2. The molecule has 3 rings (SSSR count). The topological polar surface area (TPSA) is 61.8 Å². The van der Waals surface area contributed by atoms with Gasteiger partial charge in [0.1, 0.15) is 0 Å². The second kappa shape index (κ2) is 8.79. The van der Waals surface area contributed by atoms with Gasteiger partial charge in [-0.1, -0.05) is 25.1 Å². The van der Waals surface area contributed by atoms with Gasteiger partial charge in [0, 0.05) is 12.2 Å². The molecule has 5 heteroatoms. The van der Waals surface area contributed by atoms with Gasteiger partial charge >= 0.3 is 0 Å². The van der Waals surface area contributed by atoms with E-state index in [4.69, 9.17) is 4.74 Å². The number of amides is 1. The number of carbonyl (C=O) groups is 1. The van der Waals surface area contributed by atoms with Gasteiger partial charge in [-0.25, -0.2) is 0 Å². The summed E-state index contributed by atoms with van der Waals surface area (Å²) in [6, 6.07) is 9.31. The van der Waals surface area contributed by atoms with Crippen molar-refractivity contribution in [1.82, 2.24) is 4.90 Å². The molecule has 0 radical (unpaired) electrons. The lowest BCUT2D eigenvalue weighted by Gasteiger charge is -2.35. The highest BCUT2D eigenvalue weighted by molar-refractivity contribution is 5.94. The fourth-order valence-electron chi connectivity index (χ4n) is 3.67. The minimum absolute atomic E-state index is 0.0503. The number of nitrogens with one attached hydrogen (secondary N) is 1. The van der Waals surface area contributed by atoms with Crippen LogP contribution in [-0.2, 0) is 9.53 Å². The number of aliphatic hydroxyl groups excluding tert-OH is 1. The number of nitrogens with zero attached hydrogens (tertiary/aromatic N) is 1. The van der Waals surface area contributed by atoms with E-state index in [1.54, 1.807) is 0 Å². The number of hydrogen-bond acceptors (Lipinski definition) is 4. The van der Waals surface area contributed by atoms with Crippen LogP contribution in [0.1, 0.15) is 39.0 Å². The van der Waals surface area contributed by atoms with Crippen LogP contribution < -0.4 is 5.32 Å². The number of aliphatic hydroxyl groups is 1. The Morgan fingerprint density at radius 1 is 1.20 bits per heavy atom. The molecule has 2 aliphatic heterocycles. The van der Waals surface area contributed by atoms with Gasteiger partial charge in [-0.2, -0.15) is 0 Å². The minimum Gasteiger partial charge on any atom is -0.390 e. The summed E-state index contributed by atoms with van der Waals surface area (Å²) in [4.78, 5) is 15.0. The van der Waals surface area contributed by atoms with Gasteiger partial charge in [0.25, 0.3) is 5.91 Å². The zero-order valence-electron chi connectivity index (χ0n) is 15.1. The van der Waals surface area contributed by atoms with Gasteiger partial charge in [-0.05, 0) is 63.2 Å². The first-order chi connectivity index (χ1) is 12.1. The van der Waals surface area contributed by atoms with Crippen molar-refractivity contribution in [3.8, 4) is 0 Å². The Morgan fingerprint density at radius 3 is 2.64 bits per heavy atom. The maximum Gasteiger partial charge on any atom is 0.256 e. The van der Waals surface area contributed by atoms with Crippen LogP contribution in [0.25, 0.3) is 0 Å². The number of para-hydroxylation sites is 1. The molecule has 5 nitrogen and oxygen atoms in total. The van der Waals surface area contributed by atoms with E-state index < -0.39 is 12.2 Å². The van der Waals surface area contributed by atoms with Crippen LogP contribution in [0.2, 0.25) is 0 Å². The quantitative estimate of drug-likeness (QED) is 0.860. The van der Waals surface area contributed by atoms with E-state index in [-0.39, 0.29) is 12.0 Å². The molecule has 0 aliphatic carbocycles. The van der Waals surface area contributed by atoms with E-state index in [2.05, 4.69) is 17.1 Å². The molecule has 0 saturated carbocycles. The summed E-state index contributed by atoms with van der Waals surface area (Å²) in [6.45, 7) is 5.66. The van der Waals surface area contributed by atoms with Crippen molar-refractivity contribution in [3.05, 3.63) is 30.3 Å². The minimum atomic E-state index is -0.777. The van der Waals surface area contributed by atoms with E-state index in [1.807, 2.05) is 30.3 Å². The predicted octanol–water partition coefficient (Wildman–Crippen LogP) is 2.66. The lowest BCUT2D eigenvalue weighted by molar-refractivity contribution is -0.153. The first kappa shape index (κ1) is 18.4. The monoisotopic (exact) mass is 346 g/mol. The standard InChI is InChI=1S/C20H30N2O3/c1-15-9-12-22(13-10-15)14-11-17-7-8-18(23)19(25-17)20(24)21-16-5-3-2-4-6-16/h2-6,15,17-19,23H,7-14H2,1H3,(H,21,24). The van der Waals surface area contributed by atoms with Crippen molar-refractivity contribution in [3.63, 3.8) is 0 Å². The summed E-state index contributed by atoms with van der Waals surface area (Å²) >= 11 is 0. The van der Waals surface area contributed by atoms with Gasteiger partial charge in [0.15, 0.2) is 6.10 Å². The van der Waals surface area contributed by atoms with Gasteiger partial charge in [0.2, 0.25) is 0 Å². The molecule has 1 aromatic carbocycles. The van der Waals surface area contributed by atoms with Crippen LogP contribution in [0.5, 0.6) is 0 Å². The smallest absolute Gasteiger partial charge is 0.256 e. The highest BCUT2D eigenvalue weighted by Gasteiger charge is 2.35. The van der Waals surface area contributed by atoms with Crippen molar-refractivity contribution in [1.29, 1.82) is 0 Å². The third-order valence-electron chi connectivity index (χ3n) is 5.42. The number of ether oxygens (including phenoxy) is 1. The van der Waals surface area contributed by atoms with Crippen molar-refractivity contribution in [2.75, 3.05) is 25.0 Å². The Balaban J connectivity index is 1.48. The highest BCUT2D eigenvalue weighted by Crippen LogP contribution is 2.24. The van der Waals surface area contributed by atoms with Crippen molar-refractivity contribution >= 4 is 11.6 Å². The SMILES string of the molecule is CC1CCN(CCC2CCC(O)C(C(=O)Nc3ccccc3)O2)CC1. The molecule has 25 heavy (non-hydrogen) atoms. The molecule has 0 aromatic heterocycles. The van der Waals surface area contributed by atoms with Gasteiger partial charge in [-0.15, -0.1) is 0 Å². The van der Waals surface area contributed by atoms with Crippen LogP contribution in [0.15, 0.2) is 30.3 Å². The molecule has 2 fully saturated rings. The van der Waals surface area contributed by atoms with Crippen LogP contribution >= 0.6 is 0 Å². The van der Waals surface area contributed by atoms with Crippen molar-refractivity contribution in [2.24, 2.45) is 5.92 Å². The van der Waals surface area contributed by atoms with E-state index in [0.29, 0.717) is 6.42 Å². The molecular weight excluding hydrogens is 316 g/mol. The average Bonchev–Trinajstić information content (AvgIpc) is 2.63.